The van der Waals surface area contributed by atoms with Gasteiger partial charge in [0.1, 0.15) is 5.60 Å². The van der Waals surface area contributed by atoms with Gasteiger partial charge in [-0.3, -0.25) is 4.79 Å². The Labute approximate surface area is 124 Å². The van der Waals surface area contributed by atoms with Crippen molar-refractivity contribution in [3.8, 4) is 0 Å². The number of nitrogens with one attached hydrogen (secondary N) is 1. The van der Waals surface area contributed by atoms with Crippen molar-refractivity contribution in [3.63, 3.8) is 0 Å². The summed E-state index contributed by atoms with van der Waals surface area (Å²) in [5, 5.41) is 2.20. The Kier molecular flexibility index (Phi) is 6.36. The van der Waals surface area contributed by atoms with E-state index in [1.807, 2.05) is 20.8 Å². The third-order valence-corrected chi connectivity index (χ3v) is 3.19. The van der Waals surface area contributed by atoms with Crippen LogP contribution in [0.5, 0.6) is 0 Å². The molecule has 5 nitrogen and oxygen atoms in total. The molecule has 1 aliphatic rings. The fraction of sp³-hybridized carbons (Fsp3) is 0.857. The van der Waals surface area contributed by atoms with Crippen LogP contribution in [0.1, 0.15) is 40.0 Å². The Hall–Kier alpha value is -1.40. The van der Waals surface area contributed by atoms with Crippen LogP contribution in [0.2, 0.25) is 0 Å². The molecule has 1 aliphatic heterocycles. The van der Waals surface area contributed by atoms with Crippen molar-refractivity contribution in [3.05, 3.63) is 0 Å². The van der Waals surface area contributed by atoms with Crippen molar-refractivity contribution >= 4 is 12.0 Å². The molecule has 0 aromatic heterocycles. The predicted molar refractivity (Wildman–Crippen MR) is 74.2 cm³/mol. The van der Waals surface area contributed by atoms with Crippen LogP contribution in [0.4, 0.5) is 13.6 Å². The van der Waals surface area contributed by atoms with E-state index >= 15 is 0 Å². The van der Waals surface area contributed by atoms with Crippen LogP contribution >= 0.6 is 0 Å². The van der Waals surface area contributed by atoms with Gasteiger partial charge in [-0.15, -0.1) is 0 Å². The zero-order valence-corrected chi connectivity index (χ0v) is 12.8. The SMILES string of the molecule is CC(C)(C)OC(=O)N1CCC(CC(=O)NCC(F)F)CC1. The lowest BCUT2D eigenvalue weighted by Crippen LogP contribution is -2.42. The highest BCUT2D eigenvalue weighted by atomic mass is 19.3. The highest BCUT2D eigenvalue weighted by Gasteiger charge is 2.27. The van der Waals surface area contributed by atoms with Crippen LogP contribution < -0.4 is 5.32 Å². The highest BCUT2D eigenvalue weighted by molar-refractivity contribution is 5.76. The van der Waals surface area contributed by atoms with Gasteiger partial charge >= 0.3 is 6.09 Å². The van der Waals surface area contributed by atoms with E-state index in [-0.39, 0.29) is 24.3 Å². The molecule has 0 aromatic carbocycles. The topological polar surface area (TPSA) is 58.6 Å². The van der Waals surface area contributed by atoms with Gasteiger partial charge in [0.15, 0.2) is 0 Å². The number of halogens is 2. The molecular weight excluding hydrogens is 282 g/mol. The number of nitrogens with zero attached hydrogens (tertiary/aromatic N) is 1. The molecule has 0 atom stereocenters. The van der Waals surface area contributed by atoms with Crippen LogP contribution in [-0.2, 0) is 9.53 Å². The first kappa shape index (κ1) is 17.7. The first-order valence-corrected chi connectivity index (χ1v) is 7.20. The van der Waals surface area contributed by atoms with Crippen molar-refractivity contribution in [1.82, 2.24) is 10.2 Å². The molecule has 0 unspecified atom stereocenters. The summed E-state index contributed by atoms with van der Waals surface area (Å²) in [7, 11) is 0. The second kappa shape index (κ2) is 7.56. The predicted octanol–water partition coefficient (Wildman–Crippen LogP) is 2.40. The van der Waals surface area contributed by atoms with Gasteiger partial charge in [0.05, 0.1) is 6.54 Å². The number of carbonyl (C=O) groups excluding carboxylic acids is 2. The monoisotopic (exact) mass is 306 g/mol. The fourth-order valence-electron chi connectivity index (χ4n) is 2.17. The zero-order chi connectivity index (χ0) is 16.0. The van der Waals surface area contributed by atoms with Crippen LogP contribution in [0, 0.1) is 5.92 Å². The Morgan fingerprint density at radius 2 is 1.86 bits per heavy atom. The average Bonchev–Trinajstić information content (AvgIpc) is 2.35. The van der Waals surface area contributed by atoms with E-state index in [0.717, 1.165) is 0 Å². The second-order valence-corrected chi connectivity index (χ2v) is 6.31. The lowest BCUT2D eigenvalue weighted by molar-refractivity contribution is -0.122. The van der Waals surface area contributed by atoms with E-state index in [0.29, 0.717) is 25.9 Å². The number of alkyl halides is 2. The van der Waals surface area contributed by atoms with E-state index in [4.69, 9.17) is 4.74 Å². The Morgan fingerprint density at radius 1 is 1.29 bits per heavy atom. The van der Waals surface area contributed by atoms with E-state index in [9.17, 15) is 18.4 Å². The lowest BCUT2D eigenvalue weighted by atomic mass is 9.93. The molecule has 21 heavy (non-hydrogen) atoms. The zero-order valence-electron chi connectivity index (χ0n) is 12.8. The molecule has 7 heteroatoms. The molecular formula is C14H24F2N2O3. The first-order chi connectivity index (χ1) is 9.67. The largest absolute Gasteiger partial charge is 0.444 e. The summed E-state index contributed by atoms with van der Waals surface area (Å²) in [4.78, 5) is 25.0. The van der Waals surface area contributed by atoms with Gasteiger partial charge in [-0.05, 0) is 39.5 Å². The smallest absolute Gasteiger partial charge is 0.410 e. The minimum absolute atomic E-state index is 0.126. The van der Waals surface area contributed by atoms with Crippen molar-refractivity contribution in [2.24, 2.45) is 5.92 Å². The number of hydrogen-bond donors (Lipinski definition) is 1. The van der Waals surface area contributed by atoms with E-state index in [1.54, 1.807) is 4.90 Å². The van der Waals surface area contributed by atoms with Crippen molar-refractivity contribution < 1.29 is 23.1 Å². The molecule has 1 N–H and O–H groups in total. The summed E-state index contributed by atoms with van der Waals surface area (Å²) >= 11 is 0. The summed E-state index contributed by atoms with van der Waals surface area (Å²) in [6, 6.07) is 0. The van der Waals surface area contributed by atoms with Crippen LogP contribution in [-0.4, -0.2) is 48.6 Å². The number of hydrogen-bond acceptors (Lipinski definition) is 3. The Bertz CT molecular complexity index is 362. The number of carbonyl (C=O) groups is 2. The standard InChI is InChI=1S/C14H24F2N2O3/c1-14(2,3)21-13(20)18-6-4-10(5-7-18)8-12(19)17-9-11(15)16/h10-11H,4-9H2,1-3H3,(H,17,19). The molecule has 122 valence electrons. The quantitative estimate of drug-likeness (QED) is 0.867. The normalized spacial score (nSPS) is 17.0. The van der Waals surface area contributed by atoms with E-state index in [1.165, 1.54) is 0 Å². The van der Waals surface area contributed by atoms with Crippen molar-refractivity contribution in [1.29, 1.82) is 0 Å². The van der Waals surface area contributed by atoms with Gasteiger partial charge in [0.2, 0.25) is 5.91 Å². The maximum absolute atomic E-state index is 12.0. The number of likely N-dealkylation sites (tertiary alicyclic amines) is 1. The highest BCUT2D eigenvalue weighted by Crippen LogP contribution is 2.22. The molecule has 0 aromatic rings. The minimum Gasteiger partial charge on any atom is -0.444 e. The summed E-state index contributed by atoms with van der Waals surface area (Å²) in [5.41, 5.74) is -0.525. The second-order valence-electron chi connectivity index (χ2n) is 6.31. The van der Waals surface area contributed by atoms with Gasteiger partial charge in [0, 0.05) is 19.5 Å². The maximum Gasteiger partial charge on any atom is 0.410 e. The van der Waals surface area contributed by atoms with Gasteiger partial charge in [-0.1, -0.05) is 0 Å². The molecule has 0 spiro atoms. The Balaban J connectivity index is 2.29. The molecule has 0 radical (unpaired) electrons. The molecule has 0 aliphatic carbocycles. The summed E-state index contributed by atoms with van der Waals surface area (Å²) < 4.78 is 29.2. The van der Waals surface area contributed by atoms with Crippen LogP contribution in [0.15, 0.2) is 0 Å². The molecule has 0 saturated carbocycles. The summed E-state index contributed by atoms with van der Waals surface area (Å²) in [6.07, 6.45) is -1.27. The molecule has 1 rings (SSSR count). The molecule has 1 saturated heterocycles. The molecule has 2 amide bonds. The first-order valence-electron chi connectivity index (χ1n) is 7.20. The molecule has 1 heterocycles. The number of amides is 2. The Morgan fingerprint density at radius 3 is 2.33 bits per heavy atom. The lowest BCUT2D eigenvalue weighted by Gasteiger charge is -2.33. The van der Waals surface area contributed by atoms with Gasteiger partial charge in [-0.25, -0.2) is 13.6 Å². The van der Waals surface area contributed by atoms with Crippen molar-refractivity contribution in [2.75, 3.05) is 19.6 Å². The molecule has 0 bridgehead atoms. The number of rotatable bonds is 4. The van der Waals surface area contributed by atoms with Gasteiger partial charge < -0.3 is 15.0 Å². The van der Waals surface area contributed by atoms with Crippen molar-refractivity contribution in [2.45, 2.75) is 52.1 Å². The number of ether oxygens (including phenoxy) is 1. The fourth-order valence-corrected chi connectivity index (χ4v) is 2.17. The van der Waals surface area contributed by atoms with Crippen LogP contribution in [0.25, 0.3) is 0 Å². The van der Waals surface area contributed by atoms with E-state index in [2.05, 4.69) is 5.32 Å². The van der Waals surface area contributed by atoms with E-state index < -0.39 is 18.6 Å². The van der Waals surface area contributed by atoms with Gasteiger partial charge in [0.25, 0.3) is 6.43 Å². The summed E-state index contributed by atoms with van der Waals surface area (Å²) in [5.74, 6) is -0.229. The number of piperidine rings is 1. The van der Waals surface area contributed by atoms with Gasteiger partial charge in [-0.2, -0.15) is 0 Å². The third-order valence-electron chi connectivity index (χ3n) is 3.19. The minimum atomic E-state index is -2.53. The maximum atomic E-state index is 12.0. The average molecular weight is 306 g/mol. The third kappa shape index (κ3) is 7.24. The molecule has 1 fully saturated rings. The van der Waals surface area contributed by atoms with Crippen LogP contribution in [0.3, 0.4) is 0 Å². The summed E-state index contributed by atoms with van der Waals surface area (Å²) in [6.45, 7) is 5.89.